The number of nitrogen functional groups attached to an aromatic ring is 1. The van der Waals surface area contributed by atoms with Gasteiger partial charge >= 0.3 is 0 Å². The molecule has 88 valence electrons. The highest BCUT2D eigenvalue weighted by Crippen LogP contribution is 2.03. The molecule has 0 bridgehead atoms. The van der Waals surface area contributed by atoms with E-state index in [1.807, 2.05) is 0 Å². The molecule has 2 heterocycles. The third kappa shape index (κ3) is 2.34. The van der Waals surface area contributed by atoms with Crippen LogP contribution in [-0.4, -0.2) is 30.6 Å². The second kappa shape index (κ2) is 4.53. The lowest BCUT2D eigenvalue weighted by Crippen LogP contribution is -2.17. The number of hydrogen-bond acceptors (Lipinski definition) is 7. The van der Waals surface area contributed by atoms with Crippen molar-refractivity contribution in [2.75, 3.05) is 10.7 Å². The number of hydrazine groups is 1. The lowest BCUT2D eigenvalue weighted by molar-refractivity contribution is 0.102. The number of rotatable bonds is 3. The van der Waals surface area contributed by atoms with Crippen LogP contribution >= 0.6 is 0 Å². The average Bonchev–Trinajstić information content (AvgIpc) is 2.75. The van der Waals surface area contributed by atoms with E-state index in [1.54, 1.807) is 7.05 Å². The number of carbonyl (C=O) groups is 1. The molecule has 17 heavy (non-hydrogen) atoms. The summed E-state index contributed by atoms with van der Waals surface area (Å²) >= 11 is 0. The molecule has 0 radical (unpaired) electrons. The lowest BCUT2D eigenvalue weighted by atomic mass is 10.4. The Balaban J connectivity index is 2.12. The van der Waals surface area contributed by atoms with Crippen molar-refractivity contribution in [3.8, 4) is 0 Å². The Kier molecular flexibility index (Phi) is 2.92. The summed E-state index contributed by atoms with van der Waals surface area (Å²) in [5.41, 5.74) is 2.48. The zero-order valence-corrected chi connectivity index (χ0v) is 8.95. The van der Waals surface area contributed by atoms with Crippen LogP contribution in [-0.2, 0) is 7.05 Å². The van der Waals surface area contributed by atoms with Crippen LogP contribution in [0.3, 0.4) is 0 Å². The fraction of sp³-hybridized carbons (Fsp3) is 0.125. The molecule has 0 aromatic carbocycles. The van der Waals surface area contributed by atoms with Crippen molar-refractivity contribution in [1.82, 2.24) is 24.7 Å². The molecule has 9 heteroatoms. The number of nitrogens with one attached hydrogen (secondary N) is 2. The monoisotopic (exact) mass is 234 g/mol. The van der Waals surface area contributed by atoms with Crippen molar-refractivity contribution >= 4 is 17.7 Å². The number of anilines is 2. The standard InChI is InChI=1S/C8H10N8O/c1-16-8(12-4-13-16)14-7(17)5-2-11-6(15-9)3-10-5/h2-4H,9H2,1H3,(H,11,15)(H,12,13,14,17). The van der Waals surface area contributed by atoms with E-state index in [9.17, 15) is 4.79 Å². The summed E-state index contributed by atoms with van der Waals surface area (Å²) in [5.74, 6) is 5.42. The molecule has 0 atom stereocenters. The third-order valence-electron chi connectivity index (χ3n) is 1.97. The first-order valence-electron chi connectivity index (χ1n) is 4.64. The molecule has 2 rings (SSSR count). The van der Waals surface area contributed by atoms with E-state index in [0.29, 0.717) is 11.8 Å². The van der Waals surface area contributed by atoms with E-state index >= 15 is 0 Å². The summed E-state index contributed by atoms with van der Waals surface area (Å²) in [6.45, 7) is 0. The first-order valence-corrected chi connectivity index (χ1v) is 4.64. The Morgan fingerprint density at radius 3 is 2.71 bits per heavy atom. The topological polar surface area (TPSA) is 124 Å². The van der Waals surface area contributed by atoms with Gasteiger partial charge in [0.15, 0.2) is 5.82 Å². The minimum atomic E-state index is -0.419. The second-order valence-corrected chi connectivity index (χ2v) is 3.09. The number of carbonyl (C=O) groups excluding carboxylic acids is 1. The zero-order valence-electron chi connectivity index (χ0n) is 8.95. The first-order chi connectivity index (χ1) is 8.20. The predicted octanol–water partition coefficient (Wildman–Crippen LogP) is -0.857. The second-order valence-electron chi connectivity index (χ2n) is 3.09. The highest BCUT2D eigenvalue weighted by atomic mass is 16.2. The molecule has 0 aliphatic heterocycles. The minimum absolute atomic E-state index is 0.159. The van der Waals surface area contributed by atoms with Crippen LogP contribution in [0.1, 0.15) is 10.5 Å². The van der Waals surface area contributed by atoms with Gasteiger partial charge in [0.05, 0.1) is 12.4 Å². The SMILES string of the molecule is Cn1ncnc1NC(=O)c1cnc(NN)cn1. The molecule has 0 fully saturated rings. The summed E-state index contributed by atoms with van der Waals surface area (Å²) in [4.78, 5) is 23.3. The van der Waals surface area contributed by atoms with Gasteiger partial charge < -0.3 is 5.43 Å². The molecule has 0 aliphatic rings. The normalized spacial score (nSPS) is 10.0. The van der Waals surface area contributed by atoms with E-state index in [4.69, 9.17) is 5.84 Å². The molecule has 0 unspecified atom stereocenters. The number of nitrogens with zero attached hydrogens (tertiary/aromatic N) is 5. The molecule has 0 aliphatic carbocycles. The Labute approximate surface area is 96.1 Å². The van der Waals surface area contributed by atoms with Gasteiger partial charge in [-0.15, -0.1) is 0 Å². The molecule has 0 saturated carbocycles. The molecule has 1 amide bonds. The quantitative estimate of drug-likeness (QED) is 0.466. The summed E-state index contributed by atoms with van der Waals surface area (Å²) in [5, 5.41) is 6.36. The van der Waals surface area contributed by atoms with Crippen molar-refractivity contribution in [2.24, 2.45) is 12.9 Å². The average molecular weight is 234 g/mol. The van der Waals surface area contributed by atoms with Gasteiger partial charge in [-0.25, -0.2) is 20.5 Å². The highest BCUT2D eigenvalue weighted by molar-refractivity contribution is 6.01. The summed E-state index contributed by atoms with van der Waals surface area (Å²) < 4.78 is 1.43. The van der Waals surface area contributed by atoms with E-state index in [1.165, 1.54) is 23.4 Å². The van der Waals surface area contributed by atoms with Gasteiger partial charge in [-0.3, -0.25) is 10.1 Å². The number of hydrogen-bond donors (Lipinski definition) is 3. The van der Waals surface area contributed by atoms with Crippen LogP contribution in [0.15, 0.2) is 18.7 Å². The molecule has 0 saturated heterocycles. The van der Waals surface area contributed by atoms with E-state index in [-0.39, 0.29) is 5.69 Å². The number of nitrogens with two attached hydrogens (primary N) is 1. The van der Waals surface area contributed by atoms with E-state index in [2.05, 4.69) is 30.8 Å². The van der Waals surface area contributed by atoms with Gasteiger partial charge in [0.1, 0.15) is 12.0 Å². The van der Waals surface area contributed by atoms with Gasteiger partial charge in [0, 0.05) is 7.05 Å². The maximum atomic E-state index is 11.7. The number of aryl methyl sites for hydroxylation is 1. The van der Waals surface area contributed by atoms with Crippen LogP contribution in [0, 0.1) is 0 Å². The predicted molar refractivity (Wildman–Crippen MR) is 58.8 cm³/mol. The van der Waals surface area contributed by atoms with E-state index in [0.717, 1.165) is 0 Å². The van der Waals surface area contributed by atoms with Crippen LogP contribution in [0.2, 0.25) is 0 Å². The fourth-order valence-electron chi connectivity index (χ4n) is 1.09. The van der Waals surface area contributed by atoms with Crippen LogP contribution < -0.4 is 16.6 Å². The Hall–Kier alpha value is -2.55. The van der Waals surface area contributed by atoms with Crippen molar-refractivity contribution in [3.05, 3.63) is 24.4 Å². The molecular formula is C8H10N8O. The molecular weight excluding hydrogens is 224 g/mol. The van der Waals surface area contributed by atoms with Gasteiger partial charge in [0.2, 0.25) is 5.95 Å². The molecule has 0 spiro atoms. The third-order valence-corrected chi connectivity index (χ3v) is 1.97. The number of aromatic nitrogens is 5. The van der Waals surface area contributed by atoms with Gasteiger partial charge in [-0.2, -0.15) is 10.1 Å². The molecule has 9 nitrogen and oxygen atoms in total. The van der Waals surface area contributed by atoms with Gasteiger partial charge in [-0.05, 0) is 0 Å². The fourth-order valence-corrected chi connectivity index (χ4v) is 1.09. The summed E-state index contributed by atoms with van der Waals surface area (Å²) in [7, 11) is 1.66. The minimum Gasteiger partial charge on any atom is -0.307 e. The first kappa shape index (κ1) is 11.0. The smallest absolute Gasteiger partial charge is 0.278 e. The zero-order chi connectivity index (χ0) is 12.3. The van der Waals surface area contributed by atoms with Crippen LogP contribution in [0.4, 0.5) is 11.8 Å². The largest absolute Gasteiger partial charge is 0.307 e. The molecule has 2 aromatic heterocycles. The van der Waals surface area contributed by atoms with Crippen LogP contribution in [0.25, 0.3) is 0 Å². The molecule has 2 aromatic rings. The van der Waals surface area contributed by atoms with Crippen molar-refractivity contribution in [2.45, 2.75) is 0 Å². The van der Waals surface area contributed by atoms with Crippen molar-refractivity contribution in [1.29, 1.82) is 0 Å². The summed E-state index contributed by atoms with van der Waals surface area (Å²) in [6.07, 6.45) is 4.00. The van der Waals surface area contributed by atoms with E-state index < -0.39 is 5.91 Å². The maximum absolute atomic E-state index is 11.7. The Bertz CT molecular complexity index is 519. The Morgan fingerprint density at radius 1 is 1.35 bits per heavy atom. The van der Waals surface area contributed by atoms with Crippen LogP contribution in [0.5, 0.6) is 0 Å². The molecule has 4 N–H and O–H groups in total. The van der Waals surface area contributed by atoms with Gasteiger partial charge in [0.25, 0.3) is 5.91 Å². The highest BCUT2D eigenvalue weighted by Gasteiger charge is 2.10. The Morgan fingerprint density at radius 2 is 2.18 bits per heavy atom. The van der Waals surface area contributed by atoms with Gasteiger partial charge in [-0.1, -0.05) is 0 Å². The summed E-state index contributed by atoms with van der Waals surface area (Å²) in [6, 6.07) is 0. The number of amides is 1. The lowest BCUT2D eigenvalue weighted by Gasteiger charge is -2.03. The maximum Gasteiger partial charge on any atom is 0.278 e. The van der Waals surface area contributed by atoms with Crippen molar-refractivity contribution < 1.29 is 4.79 Å². The van der Waals surface area contributed by atoms with Crippen molar-refractivity contribution in [3.63, 3.8) is 0 Å².